The minimum Gasteiger partial charge on any atom is -0.366 e. The van der Waals surface area contributed by atoms with E-state index in [1.54, 1.807) is 18.2 Å². The highest BCUT2D eigenvalue weighted by molar-refractivity contribution is 9.10. The summed E-state index contributed by atoms with van der Waals surface area (Å²) in [6, 6.07) is 7.68. The zero-order valence-electron chi connectivity index (χ0n) is 5.10. The maximum absolute atomic E-state index is 10.5. The standard InChI is InChI=1S/C7H5BrNO/c8-6-3-1-2-5(4-6)7(9)10/h2-4H,(H2,9,10). The molecule has 0 aliphatic carbocycles. The molecule has 0 atom stereocenters. The SMILES string of the molecule is NC(=O)c1c[c]cc(Br)c1. The fourth-order valence-electron chi connectivity index (χ4n) is 0.585. The van der Waals surface area contributed by atoms with Gasteiger partial charge < -0.3 is 5.73 Å². The Labute approximate surface area is 67.2 Å². The van der Waals surface area contributed by atoms with Crippen molar-refractivity contribution in [2.24, 2.45) is 5.73 Å². The summed E-state index contributed by atoms with van der Waals surface area (Å²) in [5, 5.41) is 0. The summed E-state index contributed by atoms with van der Waals surface area (Å²) in [5.74, 6) is -0.433. The molecule has 3 heteroatoms. The third-order valence-corrected chi connectivity index (χ3v) is 1.50. The van der Waals surface area contributed by atoms with Crippen molar-refractivity contribution in [1.82, 2.24) is 0 Å². The van der Waals surface area contributed by atoms with Crippen LogP contribution in [0.15, 0.2) is 22.7 Å². The van der Waals surface area contributed by atoms with E-state index in [-0.39, 0.29) is 0 Å². The molecule has 1 amide bonds. The number of hydrogen-bond donors (Lipinski definition) is 1. The van der Waals surface area contributed by atoms with Crippen molar-refractivity contribution in [3.05, 3.63) is 34.3 Å². The Morgan fingerprint density at radius 3 is 2.70 bits per heavy atom. The van der Waals surface area contributed by atoms with E-state index < -0.39 is 5.91 Å². The minimum absolute atomic E-state index is 0.433. The van der Waals surface area contributed by atoms with Crippen molar-refractivity contribution >= 4 is 21.8 Å². The van der Waals surface area contributed by atoms with Crippen molar-refractivity contribution in [2.45, 2.75) is 0 Å². The summed E-state index contributed by atoms with van der Waals surface area (Å²) >= 11 is 3.19. The predicted octanol–water partition coefficient (Wildman–Crippen LogP) is 1.35. The summed E-state index contributed by atoms with van der Waals surface area (Å²) in [7, 11) is 0. The topological polar surface area (TPSA) is 43.1 Å². The minimum atomic E-state index is -0.433. The number of amides is 1. The van der Waals surface area contributed by atoms with Gasteiger partial charge in [0.15, 0.2) is 0 Å². The van der Waals surface area contributed by atoms with E-state index in [0.717, 1.165) is 4.47 Å². The van der Waals surface area contributed by atoms with Crippen molar-refractivity contribution in [3.8, 4) is 0 Å². The molecule has 2 N–H and O–H groups in total. The first-order valence-corrected chi connectivity index (χ1v) is 3.46. The molecule has 51 valence electrons. The van der Waals surface area contributed by atoms with Crippen LogP contribution in [0.4, 0.5) is 0 Å². The molecule has 0 aromatic heterocycles. The number of hydrogen-bond acceptors (Lipinski definition) is 1. The maximum atomic E-state index is 10.5. The lowest BCUT2D eigenvalue weighted by atomic mass is 10.2. The molecular formula is C7H5BrNO. The average Bonchev–Trinajstić information content (AvgIpc) is 1.88. The summed E-state index contributed by atoms with van der Waals surface area (Å²) in [4.78, 5) is 10.5. The quantitative estimate of drug-likeness (QED) is 0.728. The van der Waals surface area contributed by atoms with Gasteiger partial charge in [0.25, 0.3) is 0 Å². The summed E-state index contributed by atoms with van der Waals surface area (Å²) in [5.41, 5.74) is 5.47. The second kappa shape index (κ2) is 2.84. The maximum Gasteiger partial charge on any atom is 0.248 e. The molecule has 1 aromatic carbocycles. The van der Waals surface area contributed by atoms with Gasteiger partial charge in [0.05, 0.1) is 0 Å². The lowest BCUT2D eigenvalue weighted by Gasteiger charge is -1.93. The van der Waals surface area contributed by atoms with Gasteiger partial charge in [-0.05, 0) is 24.3 Å². The van der Waals surface area contributed by atoms with E-state index in [2.05, 4.69) is 22.0 Å². The Bertz CT molecular complexity index is 260. The first kappa shape index (κ1) is 7.28. The van der Waals surface area contributed by atoms with Crippen LogP contribution in [0, 0.1) is 6.07 Å². The average molecular weight is 199 g/mol. The van der Waals surface area contributed by atoms with Crippen molar-refractivity contribution in [3.63, 3.8) is 0 Å². The Balaban J connectivity index is 3.07. The third kappa shape index (κ3) is 1.57. The van der Waals surface area contributed by atoms with Gasteiger partial charge in [-0.2, -0.15) is 0 Å². The zero-order chi connectivity index (χ0) is 7.56. The van der Waals surface area contributed by atoms with E-state index in [4.69, 9.17) is 5.73 Å². The van der Waals surface area contributed by atoms with Crippen molar-refractivity contribution in [1.29, 1.82) is 0 Å². The number of carbonyl (C=O) groups excluding carboxylic acids is 1. The van der Waals surface area contributed by atoms with Gasteiger partial charge in [-0.15, -0.1) is 0 Å². The first-order valence-electron chi connectivity index (χ1n) is 2.66. The van der Waals surface area contributed by atoms with E-state index in [1.165, 1.54) is 0 Å². The predicted molar refractivity (Wildman–Crippen MR) is 41.5 cm³/mol. The van der Waals surface area contributed by atoms with E-state index >= 15 is 0 Å². The molecule has 2 nitrogen and oxygen atoms in total. The molecule has 0 heterocycles. The molecule has 1 aromatic rings. The van der Waals surface area contributed by atoms with Crippen LogP contribution in [0.25, 0.3) is 0 Å². The molecule has 0 bridgehead atoms. The van der Waals surface area contributed by atoms with E-state index in [9.17, 15) is 4.79 Å². The number of nitrogens with two attached hydrogens (primary N) is 1. The molecule has 10 heavy (non-hydrogen) atoms. The Kier molecular flexibility index (Phi) is 2.06. The van der Waals surface area contributed by atoms with Gasteiger partial charge in [0.2, 0.25) is 5.91 Å². The Morgan fingerprint density at radius 2 is 2.30 bits per heavy atom. The number of halogens is 1. The Morgan fingerprint density at radius 1 is 1.60 bits per heavy atom. The molecule has 0 saturated heterocycles. The smallest absolute Gasteiger partial charge is 0.248 e. The molecule has 0 fully saturated rings. The number of carbonyl (C=O) groups is 1. The molecule has 0 unspecified atom stereocenters. The van der Waals surface area contributed by atoms with Crippen molar-refractivity contribution in [2.75, 3.05) is 0 Å². The summed E-state index contributed by atoms with van der Waals surface area (Å²) < 4.78 is 0.809. The highest BCUT2D eigenvalue weighted by Crippen LogP contribution is 2.09. The monoisotopic (exact) mass is 198 g/mol. The van der Waals surface area contributed by atoms with Crippen molar-refractivity contribution < 1.29 is 4.79 Å². The normalized spacial score (nSPS) is 9.30. The largest absolute Gasteiger partial charge is 0.366 e. The highest BCUT2D eigenvalue weighted by Gasteiger charge is 1.97. The molecule has 0 spiro atoms. The van der Waals surface area contributed by atoms with Gasteiger partial charge in [-0.3, -0.25) is 4.79 Å². The molecular weight excluding hydrogens is 194 g/mol. The molecule has 0 aliphatic heterocycles. The van der Waals surface area contributed by atoms with Crippen LogP contribution in [0.5, 0.6) is 0 Å². The van der Waals surface area contributed by atoms with Gasteiger partial charge in [0, 0.05) is 10.0 Å². The second-order valence-corrected chi connectivity index (χ2v) is 2.72. The second-order valence-electron chi connectivity index (χ2n) is 1.80. The fourth-order valence-corrected chi connectivity index (χ4v) is 0.964. The molecule has 1 radical (unpaired) electrons. The fraction of sp³-hybridized carbons (Fsp3) is 0. The van der Waals surface area contributed by atoms with Crippen LogP contribution >= 0.6 is 15.9 Å². The van der Waals surface area contributed by atoms with Crippen LogP contribution in [-0.2, 0) is 0 Å². The highest BCUT2D eigenvalue weighted by atomic mass is 79.9. The van der Waals surface area contributed by atoms with Crippen LogP contribution in [0.3, 0.4) is 0 Å². The van der Waals surface area contributed by atoms with E-state index in [0.29, 0.717) is 5.56 Å². The van der Waals surface area contributed by atoms with Crippen LogP contribution in [0.2, 0.25) is 0 Å². The number of benzene rings is 1. The number of rotatable bonds is 1. The van der Waals surface area contributed by atoms with Crippen LogP contribution in [-0.4, -0.2) is 5.91 Å². The number of primary amides is 1. The zero-order valence-corrected chi connectivity index (χ0v) is 6.68. The Hall–Kier alpha value is -0.830. The molecule has 0 saturated carbocycles. The van der Waals surface area contributed by atoms with Crippen LogP contribution < -0.4 is 5.73 Å². The van der Waals surface area contributed by atoms with Gasteiger partial charge in [0.1, 0.15) is 0 Å². The van der Waals surface area contributed by atoms with Gasteiger partial charge in [-0.25, -0.2) is 0 Å². The van der Waals surface area contributed by atoms with Crippen LogP contribution in [0.1, 0.15) is 10.4 Å². The van der Waals surface area contributed by atoms with Gasteiger partial charge >= 0.3 is 0 Å². The lowest BCUT2D eigenvalue weighted by Crippen LogP contribution is -2.10. The van der Waals surface area contributed by atoms with E-state index in [1.807, 2.05) is 0 Å². The summed E-state index contributed by atoms with van der Waals surface area (Å²) in [6.45, 7) is 0. The third-order valence-electron chi connectivity index (χ3n) is 1.04. The first-order chi connectivity index (χ1) is 4.70. The van der Waals surface area contributed by atoms with Gasteiger partial charge in [-0.1, -0.05) is 15.9 Å². The summed E-state index contributed by atoms with van der Waals surface area (Å²) in [6.07, 6.45) is 0. The molecule has 1 rings (SSSR count). The lowest BCUT2D eigenvalue weighted by molar-refractivity contribution is 0.1000. The molecule has 0 aliphatic rings.